The molecule has 3 aromatic heterocycles. The van der Waals surface area contributed by atoms with Crippen LogP contribution in [0, 0.1) is 0 Å². The van der Waals surface area contributed by atoms with E-state index in [-0.39, 0.29) is 24.3 Å². The molecule has 0 saturated carbocycles. The third kappa shape index (κ3) is 3.49. The molecule has 2 aliphatic rings. The molecule has 5 heterocycles. The molecule has 0 unspecified atom stereocenters. The highest BCUT2D eigenvalue weighted by Gasteiger charge is 2.47. The molecule has 2 fully saturated rings. The van der Waals surface area contributed by atoms with E-state index in [2.05, 4.69) is 26.7 Å². The van der Waals surface area contributed by atoms with E-state index in [1.54, 1.807) is 23.8 Å². The lowest BCUT2D eigenvalue weighted by Crippen LogP contribution is -2.41. The molecule has 140 valence electrons. The van der Waals surface area contributed by atoms with Crippen molar-refractivity contribution in [2.24, 2.45) is 0 Å². The summed E-state index contributed by atoms with van der Waals surface area (Å²) in [6.07, 6.45) is 3.45. The van der Waals surface area contributed by atoms with Gasteiger partial charge in [-0.3, -0.25) is 0 Å². The van der Waals surface area contributed by atoms with Crippen molar-refractivity contribution in [1.29, 1.82) is 0 Å². The van der Waals surface area contributed by atoms with Crippen molar-refractivity contribution in [3.8, 4) is 10.6 Å². The van der Waals surface area contributed by atoms with Crippen LogP contribution in [-0.4, -0.2) is 47.5 Å². The minimum atomic E-state index is -0.0203. The van der Waals surface area contributed by atoms with Crippen LogP contribution in [0.3, 0.4) is 0 Å². The summed E-state index contributed by atoms with van der Waals surface area (Å²) in [7, 11) is 0. The second-order valence-electron chi connectivity index (χ2n) is 6.66. The van der Waals surface area contributed by atoms with Crippen molar-refractivity contribution in [3.05, 3.63) is 53.9 Å². The molecule has 0 aromatic carbocycles. The Morgan fingerprint density at radius 1 is 1.07 bits per heavy atom. The van der Waals surface area contributed by atoms with Gasteiger partial charge in [-0.2, -0.15) is 0 Å². The van der Waals surface area contributed by atoms with Gasteiger partial charge in [0.15, 0.2) is 0 Å². The highest BCUT2D eigenvalue weighted by molar-refractivity contribution is 7.13. The van der Waals surface area contributed by atoms with Gasteiger partial charge in [0, 0.05) is 6.20 Å². The third-order valence-electron chi connectivity index (χ3n) is 4.92. The Morgan fingerprint density at radius 2 is 1.96 bits per heavy atom. The Labute approximate surface area is 160 Å². The number of rotatable bonds is 6. The molecular weight excluding hydrogens is 364 g/mol. The second-order valence-corrected chi connectivity index (χ2v) is 7.60. The van der Waals surface area contributed by atoms with Crippen LogP contribution in [0.25, 0.3) is 10.6 Å². The lowest BCUT2D eigenvalue weighted by Gasteiger charge is -2.18. The number of ether oxygens (including phenoxy) is 2. The summed E-state index contributed by atoms with van der Waals surface area (Å²) in [6, 6.07) is 10.0. The molecule has 27 heavy (non-hydrogen) atoms. The molecule has 7 nitrogen and oxygen atoms in total. The minimum Gasteiger partial charge on any atom is -0.468 e. The number of hydrogen-bond donors (Lipinski definition) is 2. The number of hydrogen-bond acceptors (Lipinski definition) is 8. The molecule has 0 bridgehead atoms. The van der Waals surface area contributed by atoms with Gasteiger partial charge in [-0.05, 0) is 29.6 Å². The first-order valence-corrected chi connectivity index (χ1v) is 9.87. The molecule has 0 spiro atoms. The van der Waals surface area contributed by atoms with Crippen LogP contribution in [0.1, 0.15) is 5.76 Å². The van der Waals surface area contributed by atoms with E-state index in [0.717, 1.165) is 16.3 Å². The van der Waals surface area contributed by atoms with Gasteiger partial charge in [0.25, 0.3) is 0 Å². The Hall–Kier alpha value is -2.26. The van der Waals surface area contributed by atoms with Crippen LogP contribution in [0.15, 0.2) is 52.6 Å². The Kier molecular flexibility index (Phi) is 4.62. The maximum Gasteiger partial charge on any atom is 0.223 e. The fourth-order valence-electron chi connectivity index (χ4n) is 3.60. The van der Waals surface area contributed by atoms with E-state index in [1.807, 2.05) is 29.6 Å². The van der Waals surface area contributed by atoms with Crippen LogP contribution in [0.2, 0.25) is 0 Å². The molecule has 4 atom stereocenters. The molecule has 0 aliphatic carbocycles. The van der Waals surface area contributed by atoms with E-state index < -0.39 is 0 Å². The zero-order valence-electron chi connectivity index (χ0n) is 14.6. The lowest BCUT2D eigenvalue weighted by atomic mass is 10.1. The standard InChI is InChI=1S/C19H20N4O3S/c1-3-12(24-7-1)9-21-14-10-25-18-15(11-26-17(14)18)23-19-20-6-5-13(22-19)16-4-2-8-27-16/h1-8,14-15,17-18,21H,9-11H2,(H,20,22,23)/t14-,15+,17-,18+/m1/s1. The van der Waals surface area contributed by atoms with Gasteiger partial charge in [0.2, 0.25) is 5.95 Å². The average Bonchev–Trinajstić information content (AvgIpc) is 3.47. The monoisotopic (exact) mass is 384 g/mol. The van der Waals surface area contributed by atoms with Crippen LogP contribution in [0.4, 0.5) is 5.95 Å². The highest BCUT2D eigenvalue weighted by atomic mass is 32.1. The largest absolute Gasteiger partial charge is 0.468 e. The lowest BCUT2D eigenvalue weighted by molar-refractivity contribution is 0.0673. The molecule has 2 saturated heterocycles. The summed E-state index contributed by atoms with van der Waals surface area (Å²) in [5.41, 5.74) is 0.920. The molecule has 0 amide bonds. The van der Waals surface area contributed by atoms with E-state index in [9.17, 15) is 0 Å². The Balaban J connectivity index is 1.22. The Bertz CT molecular complexity index is 871. The number of thiophene rings is 1. The van der Waals surface area contributed by atoms with Crippen LogP contribution in [-0.2, 0) is 16.0 Å². The molecule has 0 radical (unpaired) electrons. The zero-order chi connectivity index (χ0) is 18.1. The number of furan rings is 1. The number of nitrogens with zero attached hydrogens (tertiary/aromatic N) is 2. The fourth-order valence-corrected chi connectivity index (χ4v) is 4.29. The van der Waals surface area contributed by atoms with E-state index >= 15 is 0 Å². The third-order valence-corrected chi connectivity index (χ3v) is 5.81. The number of aromatic nitrogens is 2. The van der Waals surface area contributed by atoms with Crippen molar-refractivity contribution in [1.82, 2.24) is 15.3 Å². The number of fused-ring (bicyclic) bond motifs is 1. The van der Waals surface area contributed by atoms with Gasteiger partial charge in [-0.1, -0.05) is 6.07 Å². The average molecular weight is 384 g/mol. The van der Waals surface area contributed by atoms with E-state index in [4.69, 9.17) is 13.9 Å². The van der Waals surface area contributed by atoms with Gasteiger partial charge in [0.1, 0.15) is 18.0 Å². The number of nitrogens with one attached hydrogen (secondary N) is 2. The molecule has 5 rings (SSSR count). The predicted octanol–water partition coefficient (Wildman–Crippen LogP) is 2.53. The summed E-state index contributed by atoms with van der Waals surface area (Å²) in [5, 5.41) is 8.90. The summed E-state index contributed by atoms with van der Waals surface area (Å²) in [5.74, 6) is 1.51. The first-order chi connectivity index (χ1) is 13.4. The summed E-state index contributed by atoms with van der Waals surface area (Å²) >= 11 is 1.66. The van der Waals surface area contributed by atoms with Gasteiger partial charge in [0.05, 0.1) is 48.7 Å². The van der Waals surface area contributed by atoms with Crippen molar-refractivity contribution < 1.29 is 13.9 Å². The van der Waals surface area contributed by atoms with Crippen LogP contribution in [0.5, 0.6) is 0 Å². The number of anilines is 1. The van der Waals surface area contributed by atoms with E-state index in [0.29, 0.717) is 25.7 Å². The summed E-state index contributed by atoms with van der Waals surface area (Å²) in [4.78, 5) is 10.1. The van der Waals surface area contributed by atoms with Crippen molar-refractivity contribution in [3.63, 3.8) is 0 Å². The Morgan fingerprint density at radius 3 is 2.78 bits per heavy atom. The van der Waals surface area contributed by atoms with Crippen molar-refractivity contribution in [2.45, 2.75) is 30.8 Å². The SMILES string of the molecule is c1coc(CN[C@@H]2CO[C@@H]3[C@@H]2OC[C@@H]3Nc2nccc(-c3cccs3)n2)c1. The van der Waals surface area contributed by atoms with Crippen molar-refractivity contribution in [2.75, 3.05) is 18.5 Å². The first kappa shape index (κ1) is 16.9. The molecule has 2 N–H and O–H groups in total. The predicted molar refractivity (Wildman–Crippen MR) is 102 cm³/mol. The summed E-state index contributed by atoms with van der Waals surface area (Å²) in [6.45, 7) is 1.85. The second kappa shape index (κ2) is 7.40. The van der Waals surface area contributed by atoms with Crippen LogP contribution >= 0.6 is 11.3 Å². The molecular formula is C19H20N4O3S. The smallest absolute Gasteiger partial charge is 0.223 e. The molecule has 3 aromatic rings. The van der Waals surface area contributed by atoms with E-state index in [1.165, 1.54) is 0 Å². The molecule has 8 heteroatoms. The van der Waals surface area contributed by atoms with Crippen LogP contribution < -0.4 is 10.6 Å². The molecule has 2 aliphatic heterocycles. The topological polar surface area (TPSA) is 81.4 Å². The quantitative estimate of drug-likeness (QED) is 0.676. The maximum atomic E-state index is 6.01. The highest BCUT2D eigenvalue weighted by Crippen LogP contribution is 2.29. The first-order valence-electron chi connectivity index (χ1n) is 8.99. The van der Waals surface area contributed by atoms with Crippen molar-refractivity contribution >= 4 is 17.3 Å². The fraction of sp³-hybridized carbons (Fsp3) is 0.368. The minimum absolute atomic E-state index is 0.0120. The van der Waals surface area contributed by atoms with Gasteiger partial charge in [-0.25, -0.2) is 9.97 Å². The van der Waals surface area contributed by atoms with Gasteiger partial charge in [-0.15, -0.1) is 11.3 Å². The zero-order valence-corrected chi connectivity index (χ0v) is 15.4. The van der Waals surface area contributed by atoms with Gasteiger partial charge >= 0.3 is 0 Å². The summed E-state index contributed by atoms with van der Waals surface area (Å²) < 4.78 is 17.4. The van der Waals surface area contributed by atoms with Gasteiger partial charge < -0.3 is 24.5 Å². The maximum absolute atomic E-state index is 6.01. The normalized spacial score (nSPS) is 27.0.